The number of nitro groups is 1. The number of nitro benzene ring substituents is 1. The lowest BCUT2D eigenvalue weighted by Crippen LogP contribution is -2.52. The second kappa shape index (κ2) is 18.8. The molecule has 1 fully saturated rings. The Morgan fingerprint density at radius 1 is 1.00 bits per heavy atom. The second-order valence-corrected chi connectivity index (χ2v) is 16.5. The maximum atomic E-state index is 13.3. The third-order valence-corrected chi connectivity index (χ3v) is 12.3. The molecule has 0 aromatic heterocycles. The van der Waals surface area contributed by atoms with Gasteiger partial charge in [0.05, 0.1) is 18.1 Å². The summed E-state index contributed by atoms with van der Waals surface area (Å²) >= 11 is 6.46. The summed E-state index contributed by atoms with van der Waals surface area (Å²) in [5.41, 5.74) is 1.97. The predicted molar refractivity (Wildman–Crippen MR) is 215 cm³/mol. The van der Waals surface area contributed by atoms with E-state index in [-0.39, 0.29) is 76.2 Å². The highest BCUT2D eigenvalue weighted by atomic mass is 35.5. The van der Waals surface area contributed by atoms with Crippen molar-refractivity contribution in [2.24, 2.45) is 0 Å². The number of piperidine rings is 1. The number of halogens is 1. The lowest BCUT2D eigenvalue weighted by molar-refractivity contribution is -0.387. The number of fused-ring (bicyclic) bond motifs is 1. The molecule has 4 N–H and O–H groups in total. The van der Waals surface area contributed by atoms with Crippen molar-refractivity contribution in [1.82, 2.24) is 30.1 Å². The van der Waals surface area contributed by atoms with E-state index < -0.39 is 61.2 Å². The van der Waals surface area contributed by atoms with Crippen molar-refractivity contribution >= 4 is 74.5 Å². The molecule has 320 valence electrons. The quantitative estimate of drug-likeness (QED) is 0.0656. The largest absolute Gasteiger partial charge is 0.380 e. The molecule has 1 atom stereocenters. The van der Waals surface area contributed by atoms with E-state index in [1.54, 1.807) is 36.4 Å². The SMILES string of the molecule is CN(CCOCCc1ccc(NC(=O)NCc2ccc3c(c2)CN(C2CCC(=O)NC2=O)C3=O)cc1Cl)S(=O)(=O)c1ccc(C(=O)NCCN2C(=O)C=CC2=O)cc1[N+](=O)[O-]. The highest BCUT2D eigenvalue weighted by Gasteiger charge is 2.39. The molecule has 6 rings (SSSR count). The fourth-order valence-electron chi connectivity index (χ4n) is 6.74. The van der Waals surface area contributed by atoms with Crippen molar-refractivity contribution < 1.29 is 51.6 Å². The van der Waals surface area contributed by atoms with E-state index in [2.05, 4.69) is 21.3 Å². The lowest BCUT2D eigenvalue weighted by Gasteiger charge is -2.29. The fourth-order valence-corrected chi connectivity index (χ4v) is 8.31. The molecule has 0 bridgehead atoms. The van der Waals surface area contributed by atoms with Gasteiger partial charge < -0.3 is 25.6 Å². The molecule has 0 spiro atoms. The minimum absolute atomic E-state index is 0.0718. The summed E-state index contributed by atoms with van der Waals surface area (Å²) in [5, 5.41) is 22.4. The molecule has 3 heterocycles. The fraction of sp³-hybridized carbons (Fsp3) is 0.308. The molecule has 22 heteroatoms. The van der Waals surface area contributed by atoms with Crippen molar-refractivity contribution in [3.8, 4) is 0 Å². The number of ether oxygens (including phenoxy) is 1. The Kier molecular flexibility index (Phi) is 13.6. The Hall–Kier alpha value is -6.55. The number of imide groups is 2. The van der Waals surface area contributed by atoms with Gasteiger partial charge >= 0.3 is 6.03 Å². The molecule has 3 aromatic rings. The van der Waals surface area contributed by atoms with E-state index in [1.807, 2.05) is 0 Å². The van der Waals surface area contributed by atoms with Gasteiger partial charge in [-0.15, -0.1) is 0 Å². The Bertz CT molecular complexity index is 2460. The molecule has 3 aromatic carbocycles. The number of nitrogens with zero attached hydrogens (tertiary/aromatic N) is 4. The summed E-state index contributed by atoms with van der Waals surface area (Å²) in [6.45, 7) is -0.00909. The Labute approximate surface area is 353 Å². The topological polar surface area (TPSA) is 264 Å². The smallest absolute Gasteiger partial charge is 0.319 e. The number of hydrogen-bond donors (Lipinski definition) is 4. The van der Waals surface area contributed by atoms with Crippen LogP contribution < -0.4 is 21.3 Å². The van der Waals surface area contributed by atoms with Crippen molar-refractivity contribution in [3.05, 3.63) is 110 Å². The van der Waals surface area contributed by atoms with Gasteiger partial charge in [0.1, 0.15) is 6.04 Å². The number of amides is 8. The molecule has 3 aliphatic rings. The van der Waals surface area contributed by atoms with Crippen LogP contribution in [0.5, 0.6) is 0 Å². The molecule has 0 saturated carbocycles. The van der Waals surface area contributed by atoms with Gasteiger partial charge in [-0.25, -0.2) is 13.2 Å². The molecule has 61 heavy (non-hydrogen) atoms. The number of likely N-dealkylation sites (N-methyl/N-ethyl adjacent to an activating group) is 1. The zero-order chi connectivity index (χ0) is 44.0. The zero-order valence-electron chi connectivity index (χ0n) is 32.5. The van der Waals surface area contributed by atoms with Crippen LogP contribution in [0.15, 0.2) is 71.6 Å². The molecule has 0 aliphatic carbocycles. The molecule has 20 nitrogen and oxygen atoms in total. The van der Waals surface area contributed by atoms with E-state index in [1.165, 1.54) is 11.9 Å². The van der Waals surface area contributed by atoms with Crippen LogP contribution in [0.25, 0.3) is 0 Å². The first kappa shape index (κ1) is 44.0. The maximum absolute atomic E-state index is 13.3. The number of rotatable bonds is 17. The molecule has 8 amide bonds. The monoisotopic (exact) mass is 878 g/mol. The Morgan fingerprint density at radius 2 is 1.75 bits per heavy atom. The first-order valence-corrected chi connectivity index (χ1v) is 20.6. The number of carbonyl (C=O) groups excluding carboxylic acids is 7. The number of sulfonamides is 1. The van der Waals surface area contributed by atoms with Crippen LogP contribution in [0.4, 0.5) is 16.2 Å². The van der Waals surface area contributed by atoms with Crippen molar-refractivity contribution in [3.63, 3.8) is 0 Å². The van der Waals surface area contributed by atoms with Gasteiger partial charge in [0.15, 0.2) is 4.90 Å². The molecule has 1 saturated heterocycles. The first-order chi connectivity index (χ1) is 29.0. The van der Waals surface area contributed by atoms with Gasteiger partial charge in [-0.1, -0.05) is 29.8 Å². The normalized spacial score (nSPS) is 16.2. The van der Waals surface area contributed by atoms with Gasteiger partial charge in [-0.2, -0.15) is 4.31 Å². The number of anilines is 1. The number of urea groups is 1. The highest BCUT2D eigenvalue weighted by Crippen LogP contribution is 2.30. The van der Waals surface area contributed by atoms with Gasteiger partial charge in [-0.3, -0.25) is 49.1 Å². The summed E-state index contributed by atoms with van der Waals surface area (Å²) in [4.78, 5) is 98.2. The third-order valence-electron chi connectivity index (χ3n) is 10.0. The van der Waals surface area contributed by atoms with Crippen LogP contribution in [0.2, 0.25) is 5.02 Å². The second-order valence-electron chi connectivity index (χ2n) is 14.1. The maximum Gasteiger partial charge on any atom is 0.319 e. The van der Waals surface area contributed by atoms with E-state index in [0.29, 0.717) is 33.8 Å². The van der Waals surface area contributed by atoms with Crippen LogP contribution in [-0.2, 0) is 53.4 Å². The molecular formula is C39H39ClN8O12S. The number of nitrogens with one attached hydrogen (secondary N) is 4. The highest BCUT2D eigenvalue weighted by molar-refractivity contribution is 7.89. The molecule has 0 radical (unpaired) electrons. The minimum Gasteiger partial charge on any atom is -0.380 e. The third kappa shape index (κ3) is 10.3. The van der Waals surface area contributed by atoms with Crippen molar-refractivity contribution in [2.75, 3.05) is 45.2 Å². The van der Waals surface area contributed by atoms with E-state index >= 15 is 0 Å². The van der Waals surface area contributed by atoms with E-state index in [0.717, 1.165) is 45.1 Å². The number of hydrogen-bond acceptors (Lipinski definition) is 12. The average Bonchev–Trinajstić information content (AvgIpc) is 3.72. The van der Waals surface area contributed by atoms with Crippen LogP contribution in [0.1, 0.15) is 50.2 Å². The van der Waals surface area contributed by atoms with Crippen LogP contribution in [0.3, 0.4) is 0 Å². The standard InChI is InChI=1S/C39H39ClN8O12S/c1-45(61(58,59)32-8-4-25(19-31(32)48(56)57)36(52)41-13-14-46-34(50)10-11-35(46)51)15-17-60-16-12-24-3-5-27(20-29(24)40)43-39(55)42-21-23-2-6-28-26(18-23)22-47(38(28)54)30-7-9-33(49)44-37(30)53/h2-6,8,10-11,18-20,30H,7,9,12-17,21-22H2,1H3,(H,41,52)(H2,42,43,55)(H,44,49,53). The Morgan fingerprint density at radius 3 is 2.46 bits per heavy atom. The Balaban J connectivity index is 0.927. The zero-order valence-corrected chi connectivity index (χ0v) is 34.0. The van der Waals surface area contributed by atoms with Gasteiger partial charge in [-0.05, 0) is 59.9 Å². The van der Waals surface area contributed by atoms with Crippen molar-refractivity contribution in [2.45, 2.75) is 43.3 Å². The van der Waals surface area contributed by atoms with Crippen molar-refractivity contribution in [1.29, 1.82) is 0 Å². The average molecular weight is 879 g/mol. The summed E-state index contributed by atoms with van der Waals surface area (Å²) in [5.74, 6) is -3.00. The van der Waals surface area contributed by atoms with Crippen LogP contribution >= 0.6 is 11.6 Å². The first-order valence-electron chi connectivity index (χ1n) is 18.8. The lowest BCUT2D eigenvalue weighted by atomic mass is 10.0. The minimum atomic E-state index is -4.40. The molecule has 3 aliphatic heterocycles. The molecule has 1 unspecified atom stereocenters. The summed E-state index contributed by atoms with van der Waals surface area (Å²) in [7, 11) is -3.17. The van der Waals surface area contributed by atoms with Gasteiger partial charge in [0.2, 0.25) is 21.8 Å². The van der Waals surface area contributed by atoms with Gasteiger partial charge in [0, 0.05) is 86.2 Å². The van der Waals surface area contributed by atoms with Crippen LogP contribution in [-0.4, -0.2) is 115 Å². The predicted octanol–water partition coefficient (Wildman–Crippen LogP) is 1.87. The number of carbonyl (C=O) groups is 7. The summed E-state index contributed by atoms with van der Waals surface area (Å²) in [6.07, 6.45) is 2.92. The number of benzene rings is 3. The molecular weight excluding hydrogens is 840 g/mol. The van der Waals surface area contributed by atoms with E-state index in [9.17, 15) is 52.1 Å². The van der Waals surface area contributed by atoms with Gasteiger partial charge in [0.25, 0.3) is 29.3 Å². The summed E-state index contributed by atoms with van der Waals surface area (Å²) < 4.78 is 33.1. The summed E-state index contributed by atoms with van der Waals surface area (Å²) in [6, 6.07) is 11.7. The van der Waals surface area contributed by atoms with Crippen LogP contribution in [0, 0.1) is 10.1 Å². The van der Waals surface area contributed by atoms with E-state index in [4.69, 9.17) is 16.3 Å².